The lowest BCUT2D eigenvalue weighted by molar-refractivity contribution is 0.202. The van der Waals surface area contributed by atoms with Crippen molar-refractivity contribution >= 4 is 5.82 Å². The molecular formula is C23H24N6O3. The third kappa shape index (κ3) is 4.58. The van der Waals surface area contributed by atoms with E-state index in [0.29, 0.717) is 47.0 Å². The molecule has 3 aromatic heterocycles. The quantitative estimate of drug-likeness (QED) is 0.387. The molecule has 0 aliphatic carbocycles. The molecule has 0 fully saturated rings. The van der Waals surface area contributed by atoms with Crippen molar-refractivity contribution in [1.29, 1.82) is 0 Å². The molecule has 0 spiro atoms. The van der Waals surface area contributed by atoms with Gasteiger partial charge >= 0.3 is 0 Å². The number of anilines is 1. The maximum atomic E-state index is 12.1. The lowest BCUT2D eigenvalue weighted by Crippen LogP contribution is -2.14. The standard InChI is InChI=1S/C23H24N6O3/c1-25-11-14-3-5-15(6-4-14)18-10-20(32-29-18)21-22(24)26-13-19(28-21)17-9-16(7-8-31-2)23(30)27-12-17/h3-6,9-10,12-13,25H,7-8,11H2,1-2H3,(H2,24,26)(H,27,30). The number of hydrogen-bond acceptors (Lipinski definition) is 8. The van der Waals surface area contributed by atoms with E-state index in [9.17, 15) is 4.79 Å². The van der Waals surface area contributed by atoms with Crippen LogP contribution in [-0.4, -0.2) is 40.9 Å². The SMILES string of the molecule is CNCc1ccc(-c2cc(-c3nc(-c4c[nH]c(=O)c(CCOC)c4)cnc3N)on2)cc1. The predicted molar refractivity (Wildman–Crippen MR) is 122 cm³/mol. The number of pyridine rings is 1. The molecule has 0 aliphatic heterocycles. The smallest absolute Gasteiger partial charge is 0.251 e. The monoisotopic (exact) mass is 432 g/mol. The number of methoxy groups -OCH3 is 1. The second kappa shape index (κ2) is 9.54. The molecule has 0 atom stereocenters. The highest BCUT2D eigenvalue weighted by molar-refractivity contribution is 5.73. The summed E-state index contributed by atoms with van der Waals surface area (Å²) in [4.78, 5) is 23.7. The maximum Gasteiger partial charge on any atom is 0.251 e. The largest absolute Gasteiger partial charge is 0.384 e. The molecule has 164 valence electrons. The molecule has 0 saturated heterocycles. The van der Waals surface area contributed by atoms with E-state index >= 15 is 0 Å². The van der Waals surface area contributed by atoms with E-state index in [1.165, 1.54) is 5.56 Å². The second-order valence-electron chi connectivity index (χ2n) is 7.28. The van der Waals surface area contributed by atoms with Crippen LogP contribution in [0.4, 0.5) is 5.82 Å². The first-order valence-corrected chi connectivity index (χ1v) is 10.1. The molecular weight excluding hydrogens is 408 g/mol. The van der Waals surface area contributed by atoms with E-state index in [1.54, 1.807) is 31.6 Å². The number of rotatable bonds is 8. The zero-order chi connectivity index (χ0) is 22.5. The summed E-state index contributed by atoms with van der Waals surface area (Å²) >= 11 is 0. The van der Waals surface area contributed by atoms with Gasteiger partial charge in [-0.15, -0.1) is 0 Å². The fraction of sp³-hybridized carbons (Fsp3) is 0.217. The molecule has 4 aromatic rings. The summed E-state index contributed by atoms with van der Waals surface area (Å²) in [7, 11) is 3.50. The van der Waals surface area contributed by atoms with Gasteiger partial charge in [0.25, 0.3) is 5.56 Å². The summed E-state index contributed by atoms with van der Waals surface area (Å²) in [5.74, 6) is 0.639. The van der Waals surface area contributed by atoms with Crippen LogP contribution in [0.1, 0.15) is 11.1 Å². The molecule has 0 amide bonds. The first kappa shape index (κ1) is 21.4. The number of hydrogen-bond donors (Lipinski definition) is 3. The minimum absolute atomic E-state index is 0.157. The van der Waals surface area contributed by atoms with E-state index in [-0.39, 0.29) is 11.4 Å². The summed E-state index contributed by atoms with van der Waals surface area (Å²) in [6.07, 6.45) is 3.65. The molecule has 9 nitrogen and oxygen atoms in total. The van der Waals surface area contributed by atoms with E-state index in [1.807, 2.05) is 31.3 Å². The van der Waals surface area contributed by atoms with Crippen LogP contribution in [0, 0.1) is 0 Å². The van der Waals surface area contributed by atoms with Gasteiger partial charge in [-0.1, -0.05) is 29.4 Å². The van der Waals surface area contributed by atoms with Crippen molar-refractivity contribution in [2.75, 3.05) is 26.5 Å². The van der Waals surface area contributed by atoms with Crippen molar-refractivity contribution in [3.63, 3.8) is 0 Å². The number of benzene rings is 1. The minimum Gasteiger partial charge on any atom is -0.384 e. The second-order valence-corrected chi connectivity index (χ2v) is 7.28. The Balaban J connectivity index is 1.65. The van der Waals surface area contributed by atoms with Crippen molar-refractivity contribution in [3.8, 4) is 34.0 Å². The topological polar surface area (TPSA) is 132 Å². The van der Waals surface area contributed by atoms with Gasteiger partial charge in [0, 0.05) is 49.0 Å². The van der Waals surface area contributed by atoms with Crippen molar-refractivity contribution in [1.82, 2.24) is 25.4 Å². The highest BCUT2D eigenvalue weighted by atomic mass is 16.5. The number of aromatic nitrogens is 4. The molecule has 0 radical (unpaired) electrons. The van der Waals surface area contributed by atoms with Crippen molar-refractivity contribution in [2.45, 2.75) is 13.0 Å². The molecule has 32 heavy (non-hydrogen) atoms. The Kier molecular flexibility index (Phi) is 6.39. The average molecular weight is 432 g/mol. The number of nitrogen functional groups attached to an aromatic ring is 1. The van der Waals surface area contributed by atoms with Crippen molar-refractivity contribution in [2.24, 2.45) is 0 Å². The van der Waals surface area contributed by atoms with E-state index in [2.05, 4.69) is 25.4 Å². The van der Waals surface area contributed by atoms with Gasteiger partial charge in [0.1, 0.15) is 5.69 Å². The Morgan fingerprint density at radius 1 is 1.16 bits per heavy atom. The van der Waals surface area contributed by atoms with Crippen LogP contribution in [-0.2, 0) is 17.7 Å². The van der Waals surface area contributed by atoms with Crippen LogP contribution in [0.5, 0.6) is 0 Å². The molecule has 0 saturated carbocycles. The summed E-state index contributed by atoms with van der Waals surface area (Å²) < 4.78 is 10.6. The number of H-pyrrole nitrogens is 1. The molecule has 0 bridgehead atoms. The average Bonchev–Trinajstić information content (AvgIpc) is 3.30. The fourth-order valence-corrected chi connectivity index (χ4v) is 3.32. The summed E-state index contributed by atoms with van der Waals surface area (Å²) in [5, 5.41) is 7.29. The molecule has 9 heteroatoms. The fourth-order valence-electron chi connectivity index (χ4n) is 3.32. The van der Waals surface area contributed by atoms with Gasteiger partial charge < -0.3 is 25.3 Å². The van der Waals surface area contributed by atoms with Crippen LogP contribution in [0.3, 0.4) is 0 Å². The third-order valence-electron chi connectivity index (χ3n) is 5.03. The summed E-state index contributed by atoms with van der Waals surface area (Å²) in [5.41, 5.74) is 10.9. The Bertz CT molecular complexity index is 1260. The highest BCUT2D eigenvalue weighted by Crippen LogP contribution is 2.29. The van der Waals surface area contributed by atoms with Gasteiger partial charge in [-0.2, -0.15) is 0 Å². The van der Waals surface area contributed by atoms with Gasteiger partial charge in [-0.3, -0.25) is 4.79 Å². The predicted octanol–water partition coefficient (Wildman–Crippen LogP) is 2.64. The third-order valence-corrected chi connectivity index (χ3v) is 5.03. The van der Waals surface area contributed by atoms with Gasteiger partial charge in [0.15, 0.2) is 17.3 Å². The molecule has 4 rings (SSSR count). The molecule has 3 heterocycles. The van der Waals surface area contributed by atoms with E-state index in [0.717, 1.165) is 12.1 Å². The number of nitrogens with two attached hydrogens (primary N) is 1. The lowest BCUT2D eigenvalue weighted by Gasteiger charge is -2.06. The Morgan fingerprint density at radius 2 is 1.97 bits per heavy atom. The number of ether oxygens (including phenoxy) is 1. The molecule has 4 N–H and O–H groups in total. The van der Waals surface area contributed by atoms with Gasteiger partial charge in [-0.05, 0) is 18.7 Å². The Morgan fingerprint density at radius 3 is 2.72 bits per heavy atom. The summed E-state index contributed by atoms with van der Waals surface area (Å²) in [6.45, 7) is 1.24. The number of aromatic amines is 1. The first-order chi connectivity index (χ1) is 15.6. The Labute approximate surface area is 184 Å². The normalized spacial score (nSPS) is 11.1. The van der Waals surface area contributed by atoms with Crippen molar-refractivity contribution < 1.29 is 9.26 Å². The molecule has 1 aromatic carbocycles. The molecule has 0 aliphatic rings. The minimum atomic E-state index is -0.157. The Hall–Kier alpha value is -3.82. The van der Waals surface area contributed by atoms with E-state index < -0.39 is 0 Å². The zero-order valence-electron chi connectivity index (χ0n) is 17.9. The van der Waals surface area contributed by atoms with Crippen LogP contribution in [0.15, 0.2) is 58.1 Å². The highest BCUT2D eigenvalue weighted by Gasteiger charge is 2.16. The molecule has 0 unspecified atom stereocenters. The van der Waals surface area contributed by atoms with Gasteiger partial charge in [0.05, 0.1) is 18.5 Å². The lowest BCUT2D eigenvalue weighted by atomic mass is 10.1. The van der Waals surface area contributed by atoms with Gasteiger partial charge in [-0.25, -0.2) is 9.97 Å². The number of nitrogens with one attached hydrogen (secondary N) is 2. The van der Waals surface area contributed by atoms with Gasteiger partial charge in [0.2, 0.25) is 0 Å². The van der Waals surface area contributed by atoms with Crippen LogP contribution >= 0.6 is 0 Å². The first-order valence-electron chi connectivity index (χ1n) is 10.1. The van der Waals surface area contributed by atoms with E-state index in [4.69, 9.17) is 15.0 Å². The van der Waals surface area contributed by atoms with Crippen LogP contribution < -0.4 is 16.6 Å². The van der Waals surface area contributed by atoms with Crippen molar-refractivity contribution in [3.05, 3.63) is 70.3 Å². The van der Waals surface area contributed by atoms with Crippen LogP contribution in [0.25, 0.3) is 34.0 Å². The number of nitrogens with zero attached hydrogens (tertiary/aromatic N) is 3. The summed E-state index contributed by atoms with van der Waals surface area (Å²) in [6, 6.07) is 11.6. The zero-order valence-corrected chi connectivity index (χ0v) is 17.9. The maximum absolute atomic E-state index is 12.1. The van der Waals surface area contributed by atoms with Crippen LogP contribution in [0.2, 0.25) is 0 Å².